The van der Waals surface area contributed by atoms with Crippen LogP contribution in [0.3, 0.4) is 0 Å². The summed E-state index contributed by atoms with van der Waals surface area (Å²) in [5.41, 5.74) is 4.86. The summed E-state index contributed by atoms with van der Waals surface area (Å²) in [5, 5.41) is 0. The first-order valence-electron chi connectivity index (χ1n) is 10.3. The summed E-state index contributed by atoms with van der Waals surface area (Å²) >= 11 is 0. The van der Waals surface area contributed by atoms with E-state index in [9.17, 15) is 14.4 Å². The fourth-order valence-electron chi connectivity index (χ4n) is 3.48. The number of carbonyl (C=O) groups is 3. The van der Waals surface area contributed by atoms with E-state index < -0.39 is 5.91 Å². The molecule has 1 aromatic carbocycles. The van der Waals surface area contributed by atoms with Crippen molar-refractivity contribution in [2.75, 3.05) is 13.1 Å². The van der Waals surface area contributed by atoms with Gasteiger partial charge in [0.05, 0.1) is 0 Å². The monoisotopic (exact) mass is 411 g/mol. The summed E-state index contributed by atoms with van der Waals surface area (Å²) in [5.74, 6) is 0.710. The van der Waals surface area contributed by atoms with Gasteiger partial charge in [0.15, 0.2) is 5.76 Å². The van der Waals surface area contributed by atoms with Crippen LogP contribution < -0.4 is 15.6 Å². The molecule has 4 rings (SSSR count). The van der Waals surface area contributed by atoms with Crippen molar-refractivity contribution in [2.45, 2.75) is 32.3 Å². The highest BCUT2D eigenvalue weighted by molar-refractivity contribution is 5.93. The lowest BCUT2D eigenvalue weighted by molar-refractivity contribution is -0.136. The average Bonchev–Trinajstić information content (AvgIpc) is 3.53. The molecule has 1 saturated heterocycles. The number of hydrogen-bond donors (Lipinski definition) is 2. The quantitative estimate of drug-likeness (QED) is 0.710. The van der Waals surface area contributed by atoms with Crippen LogP contribution in [0.15, 0.2) is 46.9 Å². The third-order valence-electron chi connectivity index (χ3n) is 5.41. The van der Waals surface area contributed by atoms with Crippen LogP contribution >= 0.6 is 0 Å². The SMILES string of the molecule is O=C(NNC(=O)C1CCN(C(=O)C2CC2)CC1)c1ccc(COc2ccccc2)o1. The van der Waals surface area contributed by atoms with Gasteiger partial charge >= 0.3 is 5.91 Å². The minimum absolute atomic E-state index is 0.0896. The zero-order valence-electron chi connectivity index (χ0n) is 16.6. The predicted molar refractivity (Wildman–Crippen MR) is 107 cm³/mol. The Balaban J connectivity index is 1.19. The molecule has 0 spiro atoms. The molecule has 1 aliphatic carbocycles. The van der Waals surface area contributed by atoms with Crippen molar-refractivity contribution < 1.29 is 23.5 Å². The van der Waals surface area contributed by atoms with Gasteiger partial charge in [-0.3, -0.25) is 25.2 Å². The number of carbonyl (C=O) groups excluding carboxylic acids is 3. The first-order valence-corrected chi connectivity index (χ1v) is 10.3. The first kappa shape index (κ1) is 20.0. The van der Waals surface area contributed by atoms with Gasteiger partial charge in [0.1, 0.15) is 18.1 Å². The molecule has 2 aromatic rings. The molecule has 8 heteroatoms. The van der Waals surface area contributed by atoms with Gasteiger partial charge in [-0.2, -0.15) is 0 Å². The highest BCUT2D eigenvalue weighted by Gasteiger charge is 2.36. The second-order valence-electron chi connectivity index (χ2n) is 7.68. The third-order valence-corrected chi connectivity index (χ3v) is 5.41. The van der Waals surface area contributed by atoms with Gasteiger partial charge in [0, 0.05) is 24.9 Å². The van der Waals surface area contributed by atoms with Crippen LogP contribution in [0.2, 0.25) is 0 Å². The molecule has 8 nitrogen and oxygen atoms in total. The van der Waals surface area contributed by atoms with E-state index in [0.29, 0.717) is 37.4 Å². The molecule has 2 heterocycles. The van der Waals surface area contributed by atoms with E-state index in [1.165, 1.54) is 6.07 Å². The number of likely N-dealkylation sites (tertiary alicyclic amines) is 1. The number of benzene rings is 1. The molecule has 30 heavy (non-hydrogen) atoms. The van der Waals surface area contributed by atoms with E-state index in [4.69, 9.17) is 9.15 Å². The van der Waals surface area contributed by atoms with Gasteiger partial charge in [0.25, 0.3) is 0 Å². The number of hydrazine groups is 1. The second-order valence-corrected chi connectivity index (χ2v) is 7.68. The van der Waals surface area contributed by atoms with Gasteiger partial charge < -0.3 is 14.1 Å². The Kier molecular flexibility index (Phi) is 6.02. The van der Waals surface area contributed by atoms with Crippen LogP contribution in [-0.2, 0) is 16.2 Å². The molecular weight excluding hydrogens is 386 g/mol. The molecule has 0 bridgehead atoms. The maximum absolute atomic E-state index is 12.3. The lowest BCUT2D eigenvalue weighted by atomic mass is 9.96. The standard InChI is InChI=1S/C22H25N3O5/c26-20(15-10-12-25(13-11-15)22(28)16-6-7-16)23-24-21(27)19-9-8-18(30-19)14-29-17-4-2-1-3-5-17/h1-5,8-9,15-16H,6-7,10-14H2,(H,23,26)(H,24,27). The number of nitrogens with one attached hydrogen (secondary N) is 2. The molecule has 3 amide bonds. The predicted octanol–water partition coefficient (Wildman–Crippen LogP) is 2.27. The van der Waals surface area contributed by atoms with Crippen LogP contribution in [-0.4, -0.2) is 35.7 Å². The average molecular weight is 411 g/mol. The van der Waals surface area contributed by atoms with E-state index in [1.807, 2.05) is 35.2 Å². The molecular formula is C22H25N3O5. The summed E-state index contributed by atoms with van der Waals surface area (Å²) in [6.45, 7) is 1.37. The van der Waals surface area contributed by atoms with Crippen molar-refractivity contribution in [3.8, 4) is 5.75 Å². The Morgan fingerprint density at radius 1 is 0.933 bits per heavy atom. The number of hydrogen-bond acceptors (Lipinski definition) is 5. The molecule has 2 aliphatic rings. The Labute approximate surface area is 174 Å². The van der Waals surface area contributed by atoms with Crippen LogP contribution in [0.4, 0.5) is 0 Å². The molecule has 1 saturated carbocycles. The maximum atomic E-state index is 12.3. The number of ether oxygens (including phenoxy) is 1. The Morgan fingerprint density at radius 3 is 2.37 bits per heavy atom. The fourth-order valence-corrected chi connectivity index (χ4v) is 3.48. The van der Waals surface area contributed by atoms with Crippen LogP contribution in [0.1, 0.15) is 42.0 Å². The topological polar surface area (TPSA) is 101 Å². The summed E-state index contributed by atoms with van der Waals surface area (Å²) in [4.78, 5) is 38.5. The first-order chi connectivity index (χ1) is 14.6. The number of piperidine rings is 1. The molecule has 158 valence electrons. The molecule has 2 N–H and O–H groups in total. The smallest absolute Gasteiger partial charge is 0.305 e. The number of para-hydroxylation sites is 1. The van der Waals surface area contributed by atoms with E-state index >= 15 is 0 Å². The number of furan rings is 1. The van der Waals surface area contributed by atoms with Gasteiger partial charge in [0.2, 0.25) is 11.8 Å². The molecule has 0 atom stereocenters. The van der Waals surface area contributed by atoms with Crippen molar-refractivity contribution in [1.82, 2.24) is 15.8 Å². The summed E-state index contributed by atoms with van der Waals surface area (Å²) in [6, 6.07) is 12.5. The van der Waals surface area contributed by atoms with Gasteiger partial charge in [-0.05, 0) is 49.9 Å². The zero-order valence-corrected chi connectivity index (χ0v) is 16.6. The number of nitrogens with zero attached hydrogens (tertiary/aromatic N) is 1. The van der Waals surface area contributed by atoms with Gasteiger partial charge in [-0.15, -0.1) is 0 Å². The zero-order chi connectivity index (χ0) is 20.9. The Morgan fingerprint density at radius 2 is 1.67 bits per heavy atom. The van der Waals surface area contributed by atoms with E-state index in [2.05, 4.69) is 10.9 Å². The van der Waals surface area contributed by atoms with Gasteiger partial charge in [-0.25, -0.2) is 0 Å². The molecule has 2 fully saturated rings. The molecule has 1 aliphatic heterocycles. The fraction of sp³-hybridized carbons (Fsp3) is 0.409. The third kappa shape index (κ3) is 5.00. The maximum Gasteiger partial charge on any atom is 0.305 e. The summed E-state index contributed by atoms with van der Waals surface area (Å²) < 4.78 is 11.1. The van der Waals surface area contributed by atoms with Crippen LogP contribution in [0.5, 0.6) is 5.75 Å². The van der Waals surface area contributed by atoms with Crippen molar-refractivity contribution in [2.24, 2.45) is 11.8 Å². The van der Waals surface area contributed by atoms with Crippen molar-refractivity contribution >= 4 is 17.7 Å². The van der Waals surface area contributed by atoms with Crippen molar-refractivity contribution in [3.63, 3.8) is 0 Å². The normalized spacial score (nSPS) is 16.7. The number of rotatable bonds is 6. The molecule has 1 aromatic heterocycles. The van der Waals surface area contributed by atoms with Crippen LogP contribution in [0, 0.1) is 11.8 Å². The van der Waals surface area contributed by atoms with Crippen molar-refractivity contribution in [3.05, 3.63) is 54.0 Å². The molecule has 0 radical (unpaired) electrons. The van der Waals surface area contributed by atoms with Crippen LogP contribution in [0.25, 0.3) is 0 Å². The lowest BCUT2D eigenvalue weighted by Gasteiger charge is -2.31. The second kappa shape index (κ2) is 9.02. The summed E-state index contributed by atoms with van der Waals surface area (Å²) in [6.07, 6.45) is 3.17. The Bertz CT molecular complexity index is 899. The molecule has 0 unspecified atom stereocenters. The number of amides is 3. The lowest BCUT2D eigenvalue weighted by Crippen LogP contribution is -2.48. The Hall–Kier alpha value is -3.29. The van der Waals surface area contributed by atoms with E-state index in [-0.39, 0.29) is 36.0 Å². The summed E-state index contributed by atoms with van der Waals surface area (Å²) in [7, 11) is 0. The highest BCUT2D eigenvalue weighted by atomic mass is 16.5. The largest absolute Gasteiger partial charge is 0.486 e. The van der Waals surface area contributed by atoms with E-state index in [1.54, 1.807) is 6.07 Å². The minimum Gasteiger partial charge on any atom is -0.486 e. The van der Waals surface area contributed by atoms with Gasteiger partial charge in [-0.1, -0.05) is 18.2 Å². The van der Waals surface area contributed by atoms with Crippen molar-refractivity contribution in [1.29, 1.82) is 0 Å². The highest BCUT2D eigenvalue weighted by Crippen LogP contribution is 2.32. The van der Waals surface area contributed by atoms with E-state index in [0.717, 1.165) is 12.8 Å². The minimum atomic E-state index is -0.532.